The first-order valence-corrected chi connectivity index (χ1v) is 10.9. The van der Waals surface area contributed by atoms with E-state index < -0.39 is 47.0 Å². The molecule has 0 atom stereocenters. The Bertz CT molecular complexity index is 1480. The number of fused-ring (bicyclic) bond motifs is 1. The van der Waals surface area contributed by atoms with Crippen LogP contribution in [0.4, 0.5) is 23.2 Å². The molecule has 4 rings (SSSR count). The van der Waals surface area contributed by atoms with Crippen molar-refractivity contribution >= 4 is 22.6 Å². The van der Waals surface area contributed by atoms with Gasteiger partial charge in [0.2, 0.25) is 11.2 Å². The number of carbonyl (C=O) groups excluding carboxylic acids is 1. The van der Waals surface area contributed by atoms with Gasteiger partial charge in [-0.3, -0.25) is 9.59 Å². The Morgan fingerprint density at radius 3 is 2.35 bits per heavy atom. The Kier molecular flexibility index (Phi) is 7.32. The lowest BCUT2D eigenvalue weighted by Gasteiger charge is -2.15. The molecule has 1 N–H and O–H groups in total. The minimum Gasteiger partial charge on any atom is -0.490 e. The number of carbonyl (C=O) groups is 1. The molecule has 4 aromatic rings. The minimum absolute atomic E-state index is 0.0200. The maximum atomic E-state index is 13.8. The molecule has 11 heteroatoms. The first-order chi connectivity index (χ1) is 17.7. The van der Waals surface area contributed by atoms with Gasteiger partial charge in [0.15, 0.2) is 18.1 Å². The maximum absolute atomic E-state index is 13.8. The molecule has 0 saturated carbocycles. The van der Waals surface area contributed by atoms with E-state index in [9.17, 15) is 27.2 Å². The number of para-hydroxylation sites is 2. The van der Waals surface area contributed by atoms with Crippen LogP contribution in [-0.4, -0.2) is 19.1 Å². The smallest absolute Gasteiger partial charge is 0.453 e. The summed E-state index contributed by atoms with van der Waals surface area (Å²) in [5.74, 6) is -3.71. The number of hydrogen-bond acceptors (Lipinski definition) is 6. The molecule has 37 heavy (non-hydrogen) atoms. The van der Waals surface area contributed by atoms with Crippen LogP contribution < -0.4 is 25.0 Å². The number of amides is 1. The van der Waals surface area contributed by atoms with Crippen molar-refractivity contribution in [3.8, 4) is 23.0 Å². The van der Waals surface area contributed by atoms with Crippen molar-refractivity contribution < 1.29 is 41.0 Å². The highest BCUT2D eigenvalue weighted by Crippen LogP contribution is 2.40. The van der Waals surface area contributed by atoms with Crippen LogP contribution in [0.15, 0.2) is 75.9 Å². The Labute approximate surface area is 207 Å². The van der Waals surface area contributed by atoms with Crippen molar-refractivity contribution in [2.45, 2.75) is 13.1 Å². The van der Waals surface area contributed by atoms with E-state index in [1.807, 2.05) is 0 Å². The van der Waals surface area contributed by atoms with E-state index in [-0.39, 0.29) is 29.2 Å². The zero-order chi connectivity index (χ0) is 26.6. The second kappa shape index (κ2) is 10.6. The fourth-order valence-electron chi connectivity index (χ4n) is 3.32. The van der Waals surface area contributed by atoms with Crippen molar-refractivity contribution in [3.63, 3.8) is 0 Å². The number of benzene rings is 3. The van der Waals surface area contributed by atoms with Crippen LogP contribution in [0.5, 0.6) is 23.0 Å². The van der Waals surface area contributed by atoms with Crippen molar-refractivity contribution in [1.29, 1.82) is 0 Å². The molecule has 192 valence electrons. The highest BCUT2D eigenvalue weighted by molar-refractivity contribution is 5.92. The average Bonchev–Trinajstić information content (AvgIpc) is 2.86. The van der Waals surface area contributed by atoms with Gasteiger partial charge in [0, 0.05) is 11.8 Å². The molecule has 1 aromatic heterocycles. The van der Waals surface area contributed by atoms with Crippen molar-refractivity contribution in [3.05, 3.63) is 88.5 Å². The number of ether oxygens (including phenoxy) is 3. The Morgan fingerprint density at radius 2 is 1.68 bits per heavy atom. The minimum atomic E-state index is -5.06. The zero-order valence-corrected chi connectivity index (χ0v) is 19.2. The summed E-state index contributed by atoms with van der Waals surface area (Å²) in [7, 11) is 0. The molecule has 0 aliphatic carbocycles. The second-order valence-corrected chi connectivity index (χ2v) is 7.57. The number of nitrogens with one attached hydrogen (secondary N) is 1. The molecule has 0 unspecified atom stereocenters. The molecular weight excluding hydrogens is 498 g/mol. The molecule has 7 nitrogen and oxygen atoms in total. The van der Waals surface area contributed by atoms with Gasteiger partial charge in [-0.25, -0.2) is 4.39 Å². The highest BCUT2D eigenvalue weighted by Gasteiger charge is 2.40. The number of hydrogen-bond donors (Lipinski definition) is 1. The molecule has 0 fully saturated rings. The van der Waals surface area contributed by atoms with E-state index in [2.05, 4.69) is 5.32 Å². The van der Waals surface area contributed by atoms with Gasteiger partial charge in [-0.1, -0.05) is 12.1 Å². The maximum Gasteiger partial charge on any atom is 0.453 e. The van der Waals surface area contributed by atoms with Crippen LogP contribution in [0.25, 0.3) is 11.0 Å². The van der Waals surface area contributed by atoms with Crippen LogP contribution in [0.2, 0.25) is 0 Å². The van der Waals surface area contributed by atoms with Crippen LogP contribution >= 0.6 is 0 Å². The normalized spacial score (nSPS) is 11.3. The predicted octanol–water partition coefficient (Wildman–Crippen LogP) is 6.16. The van der Waals surface area contributed by atoms with E-state index in [4.69, 9.17) is 18.6 Å². The number of alkyl halides is 3. The third-order valence-corrected chi connectivity index (χ3v) is 4.94. The summed E-state index contributed by atoms with van der Waals surface area (Å²) in [5, 5.41) is 2.28. The standard InChI is InChI=1S/C26H19F4NO6/c1-2-34-19-5-3-4-6-20(19)36-24-23(33)18-12-11-17(13-21(18)37-25(24)26(28,29)30)35-14-22(32)31-16-9-7-15(27)8-10-16/h3-13H,2,14H2,1H3,(H,31,32). The monoisotopic (exact) mass is 517 g/mol. The van der Waals surface area contributed by atoms with E-state index in [0.717, 1.165) is 18.2 Å². The Balaban J connectivity index is 1.62. The van der Waals surface area contributed by atoms with Gasteiger partial charge >= 0.3 is 6.18 Å². The number of rotatable bonds is 8. The molecule has 1 heterocycles. The average molecular weight is 517 g/mol. The highest BCUT2D eigenvalue weighted by atomic mass is 19.4. The second-order valence-electron chi connectivity index (χ2n) is 7.57. The SMILES string of the molecule is CCOc1ccccc1Oc1c(C(F)(F)F)oc2cc(OCC(=O)Nc3ccc(F)cc3)ccc2c1=O. The van der Waals surface area contributed by atoms with Crippen molar-refractivity contribution in [2.24, 2.45) is 0 Å². The topological polar surface area (TPSA) is 87.0 Å². The summed E-state index contributed by atoms with van der Waals surface area (Å²) < 4.78 is 75.6. The van der Waals surface area contributed by atoms with E-state index >= 15 is 0 Å². The van der Waals surface area contributed by atoms with Crippen molar-refractivity contribution in [1.82, 2.24) is 0 Å². The third kappa shape index (κ3) is 6.00. The molecule has 0 aliphatic heterocycles. The fraction of sp³-hybridized carbons (Fsp3) is 0.154. The van der Waals surface area contributed by atoms with Gasteiger partial charge < -0.3 is 23.9 Å². The fourth-order valence-corrected chi connectivity index (χ4v) is 3.32. The summed E-state index contributed by atoms with van der Waals surface area (Å²) in [5.41, 5.74) is -1.15. The molecule has 0 radical (unpaired) electrons. The van der Waals surface area contributed by atoms with Gasteiger partial charge in [0.05, 0.1) is 12.0 Å². The Morgan fingerprint density at radius 1 is 0.973 bits per heavy atom. The quantitative estimate of drug-likeness (QED) is 0.282. The van der Waals surface area contributed by atoms with Crippen molar-refractivity contribution in [2.75, 3.05) is 18.5 Å². The summed E-state index contributed by atoms with van der Waals surface area (Å²) >= 11 is 0. The number of anilines is 1. The van der Waals surface area contributed by atoms with Crippen LogP contribution in [0, 0.1) is 5.82 Å². The van der Waals surface area contributed by atoms with E-state index in [1.54, 1.807) is 13.0 Å². The lowest BCUT2D eigenvalue weighted by atomic mass is 10.2. The van der Waals surface area contributed by atoms with Crippen LogP contribution in [0.1, 0.15) is 12.7 Å². The third-order valence-electron chi connectivity index (χ3n) is 4.94. The zero-order valence-electron chi connectivity index (χ0n) is 19.2. The lowest BCUT2D eigenvalue weighted by Crippen LogP contribution is -2.20. The van der Waals surface area contributed by atoms with Crippen LogP contribution in [0.3, 0.4) is 0 Å². The summed E-state index contributed by atoms with van der Waals surface area (Å²) in [4.78, 5) is 25.1. The molecular formula is C26H19F4NO6. The van der Waals surface area contributed by atoms with Gasteiger partial charge in [0.25, 0.3) is 11.7 Å². The first kappa shape index (κ1) is 25.5. The largest absolute Gasteiger partial charge is 0.490 e. The number of halogens is 4. The molecule has 1 amide bonds. The first-order valence-electron chi connectivity index (χ1n) is 10.9. The predicted molar refractivity (Wildman–Crippen MR) is 126 cm³/mol. The van der Waals surface area contributed by atoms with Gasteiger partial charge in [-0.05, 0) is 55.5 Å². The van der Waals surface area contributed by atoms with Gasteiger partial charge in [0.1, 0.15) is 17.1 Å². The van der Waals surface area contributed by atoms with Gasteiger partial charge in [-0.15, -0.1) is 0 Å². The van der Waals surface area contributed by atoms with Gasteiger partial charge in [-0.2, -0.15) is 13.2 Å². The summed E-state index contributed by atoms with van der Waals surface area (Å²) in [6.45, 7) is 1.41. The lowest BCUT2D eigenvalue weighted by molar-refractivity contribution is -0.154. The Hall–Kier alpha value is -4.54. The molecule has 0 bridgehead atoms. The van der Waals surface area contributed by atoms with E-state index in [1.165, 1.54) is 42.5 Å². The molecule has 3 aromatic carbocycles. The summed E-state index contributed by atoms with van der Waals surface area (Å²) in [6.07, 6.45) is -5.06. The summed E-state index contributed by atoms with van der Waals surface area (Å²) in [6, 6.07) is 14.6. The molecule has 0 aliphatic rings. The van der Waals surface area contributed by atoms with E-state index in [0.29, 0.717) is 5.69 Å². The van der Waals surface area contributed by atoms with Crippen LogP contribution in [-0.2, 0) is 11.0 Å². The molecule has 0 saturated heterocycles. The molecule has 0 spiro atoms.